The van der Waals surface area contributed by atoms with E-state index in [1.54, 1.807) is 13.4 Å². The highest BCUT2D eigenvalue weighted by molar-refractivity contribution is 5.88. The Hall–Kier alpha value is -3.15. The fourth-order valence-electron chi connectivity index (χ4n) is 2.32. The van der Waals surface area contributed by atoms with E-state index in [2.05, 4.69) is 15.0 Å². The normalized spacial score (nSPS) is 10.5. The van der Waals surface area contributed by atoms with Crippen LogP contribution in [0.3, 0.4) is 0 Å². The maximum atomic E-state index is 11.1. The molecule has 2 aromatic heterocycles. The zero-order chi connectivity index (χ0) is 16.2. The van der Waals surface area contributed by atoms with Gasteiger partial charge in [-0.25, -0.2) is 9.78 Å². The number of pyridine rings is 1. The molecule has 1 aromatic carbocycles. The average molecular weight is 309 g/mol. The van der Waals surface area contributed by atoms with Crippen molar-refractivity contribution < 1.29 is 14.6 Å². The molecule has 6 heteroatoms. The Bertz CT molecular complexity index is 825. The van der Waals surface area contributed by atoms with E-state index in [1.807, 2.05) is 24.3 Å². The molecule has 23 heavy (non-hydrogen) atoms. The van der Waals surface area contributed by atoms with Crippen LogP contribution in [0.1, 0.15) is 21.6 Å². The quantitative estimate of drug-likeness (QED) is 0.756. The third-order valence-corrected chi connectivity index (χ3v) is 3.51. The number of aromatic nitrogens is 3. The van der Waals surface area contributed by atoms with Crippen molar-refractivity contribution in [2.75, 3.05) is 7.11 Å². The van der Waals surface area contributed by atoms with Gasteiger partial charge >= 0.3 is 5.97 Å². The molecule has 0 amide bonds. The summed E-state index contributed by atoms with van der Waals surface area (Å²) in [7, 11) is 1.63. The number of carboxylic acids is 1. The van der Waals surface area contributed by atoms with Crippen LogP contribution >= 0.6 is 0 Å². The van der Waals surface area contributed by atoms with E-state index >= 15 is 0 Å². The van der Waals surface area contributed by atoms with Gasteiger partial charge in [0.1, 0.15) is 11.4 Å². The summed E-state index contributed by atoms with van der Waals surface area (Å²) < 4.78 is 5.15. The maximum Gasteiger partial charge on any atom is 0.335 e. The molecule has 0 saturated heterocycles. The second-order valence-electron chi connectivity index (χ2n) is 4.99. The van der Waals surface area contributed by atoms with E-state index < -0.39 is 5.97 Å². The monoisotopic (exact) mass is 309 g/mol. The van der Waals surface area contributed by atoms with E-state index in [-0.39, 0.29) is 5.56 Å². The number of methoxy groups -OCH3 is 1. The number of hydrogen-bond donors (Lipinski definition) is 2. The molecule has 0 aliphatic carbocycles. The number of carbonyl (C=O) groups is 1. The first kappa shape index (κ1) is 14.8. The molecule has 0 unspecified atom stereocenters. The van der Waals surface area contributed by atoms with Crippen LogP contribution in [-0.2, 0) is 6.42 Å². The van der Waals surface area contributed by atoms with Crippen LogP contribution in [0.15, 0.2) is 48.9 Å². The SMILES string of the molecule is COc1ccc(Cc2[nH]cnc2-c2cc(C(=O)O)ccn2)cc1. The first-order chi connectivity index (χ1) is 11.2. The molecule has 6 nitrogen and oxygen atoms in total. The van der Waals surface area contributed by atoms with Gasteiger partial charge in [-0.05, 0) is 29.8 Å². The van der Waals surface area contributed by atoms with Gasteiger partial charge in [0, 0.05) is 18.3 Å². The van der Waals surface area contributed by atoms with Gasteiger partial charge in [-0.3, -0.25) is 4.98 Å². The Morgan fingerprint density at radius 3 is 2.70 bits per heavy atom. The number of benzene rings is 1. The average Bonchev–Trinajstić information content (AvgIpc) is 3.04. The number of imidazole rings is 1. The van der Waals surface area contributed by atoms with Crippen LogP contribution in [0.25, 0.3) is 11.4 Å². The Morgan fingerprint density at radius 2 is 2.00 bits per heavy atom. The molecule has 116 valence electrons. The van der Waals surface area contributed by atoms with Crippen molar-refractivity contribution in [3.05, 3.63) is 65.7 Å². The number of aromatic amines is 1. The number of nitrogens with one attached hydrogen (secondary N) is 1. The predicted molar refractivity (Wildman–Crippen MR) is 84.6 cm³/mol. The van der Waals surface area contributed by atoms with Gasteiger partial charge in [0.2, 0.25) is 0 Å². The van der Waals surface area contributed by atoms with E-state index in [1.165, 1.54) is 18.3 Å². The fourth-order valence-corrected chi connectivity index (χ4v) is 2.32. The van der Waals surface area contributed by atoms with Crippen molar-refractivity contribution in [2.24, 2.45) is 0 Å². The molecule has 0 saturated carbocycles. The zero-order valence-corrected chi connectivity index (χ0v) is 12.5. The lowest BCUT2D eigenvalue weighted by Crippen LogP contribution is -1.99. The second kappa shape index (κ2) is 6.31. The number of aromatic carboxylic acids is 1. The fraction of sp³-hybridized carbons (Fsp3) is 0.118. The Balaban J connectivity index is 1.89. The highest BCUT2D eigenvalue weighted by atomic mass is 16.5. The maximum absolute atomic E-state index is 11.1. The van der Waals surface area contributed by atoms with Gasteiger partial charge in [0.05, 0.1) is 24.7 Å². The standard InChI is InChI=1S/C17H15N3O3/c1-23-13-4-2-11(3-5-13)8-14-16(20-10-19-14)15-9-12(17(21)22)6-7-18-15/h2-7,9-10H,8H2,1H3,(H,19,20)(H,21,22). The first-order valence-corrected chi connectivity index (χ1v) is 7.02. The van der Waals surface area contributed by atoms with Crippen molar-refractivity contribution in [3.63, 3.8) is 0 Å². The topological polar surface area (TPSA) is 88.1 Å². The molecule has 0 bridgehead atoms. The van der Waals surface area contributed by atoms with E-state index in [9.17, 15) is 4.79 Å². The van der Waals surface area contributed by atoms with Crippen molar-refractivity contribution in [2.45, 2.75) is 6.42 Å². The van der Waals surface area contributed by atoms with E-state index in [4.69, 9.17) is 9.84 Å². The number of H-pyrrole nitrogens is 1. The van der Waals surface area contributed by atoms with Crippen molar-refractivity contribution in [1.82, 2.24) is 15.0 Å². The molecule has 0 aliphatic rings. The molecular formula is C17H15N3O3. The largest absolute Gasteiger partial charge is 0.497 e. The Morgan fingerprint density at radius 1 is 1.22 bits per heavy atom. The number of rotatable bonds is 5. The number of carboxylic acid groups (broad SMARTS) is 1. The lowest BCUT2D eigenvalue weighted by atomic mass is 10.1. The predicted octanol–water partition coefficient (Wildman–Crippen LogP) is 2.77. The summed E-state index contributed by atoms with van der Waals surface area (Å²) in [5.74, 6) is -0.185. The molecular weight excluding hydrogens is 294 g/mol. The summed E-state index contributed by atoms with van der Waals surface area (Å²) >= 11 is 0. The highest BCUT2D eigenvalue weighted by Crippen LogP contribution is 2.22. The van der Waals surface area contributed by atoms with Gasteiger partial charge < -0.3 is 14.8 Å². The molecule has 2 N–H and O–H groups in total. The van der Waals surface area contributed by atoms with Crippen LogP contribution in [0.5, 0.6) is 5.75 Å². The summed E-state index contributed by atoms with van der Waals surface area (Å²) in [6.45, 7) is 0. The lowest BCUT2D eigenvalue weighted by molar-refractivity contribution is 0.0697. The van der Waals surface area contributed by atoms with E-state index in [0.29, 0.717) is 17.8 Å². The molecule has 0 radical (unpaired) electrons. The zero-order valence-electron chi connectivity index (χ0n) is 12.5. The molecule has 0 spiro atoms. The van der Waals surface area contributed by atoms with Gasteiger partial charge in [0.25, 0.3) is 0 Å². The summed E-state index contributed by atoms with van der Waals surface area (Å²) in [5.41, 5.74) is 3.35. The third-order valence-electron chi connectivity index (χ3n) is 3.51. The minimum absolute atomic E-state index is 0.188. The third kappa shape index (κ3) is 3.21. The van der Waals surface area contributed by atoms with Crippen LogP contribution in [0.2, 0.25) is 0 Å². The van der Waals surface area contributed by atoms with Crippen molar-refractivity contribution >= 4 is 5.97 Å². The molecule has 3 aromatic rings. The minimum Gasteiger partial charge on any atom is -0.497 e. The van der Waals surface area contributed by atoms with Gasteiger partial charge in [-0.15, -0.1) is 0 Å². The van der Waals surface area contributed by atoms with Crippen LogP contribution in [-0.4, -0.2) is 33.1 Å². The summed E-state index contributed by atoms with van der Waals surface area (Å²) in [6.07, 6.45) is 3.70. The molecule has 0 aliphatic heterocycles. The Kier molecular flexibility index (Phi) is 4.05. The smallest absolute Gasteiger partial charge is 0.335 e. The molecule has 0 atom stereocenters. The Labute approximate surface area is 132 Å². The summed E-state index contributed by atoms with van der Waals surface area (Å²) in [5, 5.41) is 9.09. The van der Waals surface area contributed by atoms with Crippen molar-refractivity contribution in [3.8, 4) is 17.1 Å². The number of ether oxygens (including phenoxy) is 1. The second-order valence-corrected chi connectivity index (χ2v) is 4.99. The van der Waals surface area contributed by atoms with Gasteiger partial charge in [-0.2, -0.15) is 0 Å². The number of hydrogen-bond acceptors (Lipinski definition) is 4. The summed E-state index contributed by atoms with van der Waals surface area (Å²) in [6, 6.07) is 10.7. The highest BCUT2D eigenvalue weighted by Gasteiger charge is 2.12. The molecule has 2 heterocycles. The minimum atomic E-state index is -0.985. The number of nitrogens with zero attached hydrogens (tertiary/aromatic N) is 2. The van der Waals surface area contributed by atoms with E-state index in [0.717, 1.165) is 17.0 Å². The van der Waals surface area contributed by atoms with Crippen LogP contribution in [0, 0.1) is 0 Å². The van der Waals surface area contributed by atoms with Gasteiger partial charge in [-0.1, -0.05) is 12.1 Å². The first-order valence-electron chi connectivity index (χ1n) is 7.02. The van der Waals surface area contributed by atoms with Crippen LogP contribution in [0.4, 0.5) is 0 Å². The molecule has 0 fully saturated rings. The van der Waals surface area contributed by atoms with Crippen molar-refractivity contribution in [1.29, 1.82) is 0 Å². The summed E-state index contributed by atoms with van der Waals surface area (Å²) in [4.78, 5) is 22.7. The molecule has 3 rings (SSSR count). The van der Waals surface area contributed by atoms with Crippen LogP contribution < -0.4 is 4.74 Å². The lowest BCUT2D eigenvalue weighted by Gasteiger charge is -2.05. The van der Waals surface area contributed by atoms with Gasteiger partial charge in [0.15, 0.2) is 0 Å².